The summed E-state index contributed by atoms with van der Waals surface area (Å²) in [5.74, 6) is -0.249. The maximum atomic E-state index is 13.3. The number of carbonyl (C=O) groups is 1. The molecule has 0 saturated carbocycles. The highest BCUT2D eigenvalue weighted by Crippen LogP contribution is 2.30. The van der Waals surface area contributed by atoms with E-state index in [0.29, 0.717) is 12.8 Å². The summed E-state index contributed by atoms with van der Waals surface area (Å²) in [5, 5.41) is 87.1. The minimum Gasteiger partial charge on any atom is -0.394 e. The third-order valence-corrected chi connectivity index (χ3v) is 15.8. The van der Waals surface area contributed by atoms with Crippen LogP contribution in [-0.2, 0) is 23.7 Å². The molecule has 458 valence electrons. The van der Waals surface area contributed by atoms with Gasteiger partial charge in [0.2, 0.25) is 5.91 Å². The minimum atomic E-state index is -1.79. The average Bonchev–Trinajstić information content (AvgIpc) is 3.48. The lowest BCUT2D eigenvalue weighted by molar-refractivity contribution is -0.359. The maximum absolute atomic E-state index is 13.3. The average molecular weight is 1110 g/mol. The van der Waals surface area contributed by atoms with Gasteiger partial charge in [0.25, 0.3) is 0 Å². The van der Waals surface area contributed by atoms with Gasteiger partial charge in [0, 0.05) is 6.42 Å². The van der Waals surface area contributed by atoms with Crippen molar-refractivity contribution in [1.29, 1.82) is 0 Å². The predicted octanol–water partition coefficient (Wildman–Crippen LogP) is 11.8. The van der Waals surface area contributed by atoms with Crippen molar-refractivity contribution in [3.8, 4) is 0 Å². The van der Waals surface area contributed by atoms with Gasteiger partial charge in [-0.05, 0) is 44.9 Å². The van der Waals surface area contributed by atoms with Crippen molar-refractivity contribution >= 4 is 5.91 Å². The van der Waals surface area contributed by atoms with E-state index >= 15 is 0 Å². The van der Waals surface area contributed by atoms with Crippen molar-refractivity contribution in [2.45, 2.75) is 344 Å². The Hall–Kier alpha value is -1.79. The molecule has 12 unspecified atom stereocenters. The van der Waals surface area contributed by atoms with E-state index in [-0.39, 0.29) is 18.9 Å². The van der Waals surface area contributed by atoms with E-state index in [9.17, 15) is 45.6 Å². The van der Waals surface area contributed by atoms with Gasteiger partial charge < -0.3 is 65.1 Å². The van der Waals surface area contributed by atoms with Crippen LogP contribution >= 0.6 is 0 Å². The highest BCUT2D eigenvalue weighted by atomic mass is 16.7. The van der Waals surface area contributed by atoms with Gasteiger partial charge in [-0.1, -0.05) is 256 Å². The number of nitrogens with one attached hydrogen (secondary N) is 1. The van der Waals surface area contributed by atoms with Crippen LogP contribution in [0.5, 0.6) is 0 Å². The Bertz CT molecular complexity index is 1450. The largest absolute Gasteiger partial charge is 0.394 e. The number of allylic oxidation sites excluding steroid dienone is 5. The first kappa shape index (κ1) is 72.3. The first-order chi connectivity index (χ1) is 38.1. The van der Waals surface area contributed by atoms with E-state index < -0.39 is 86.8 Å². The SMILES string of the molecule is CCCCCCCC/C=C/CC/C=C/CC/C=C/C(O)C(COC1OC(CO)C(OC2OC(CO)C(O)C(O)C2O)C(O)C1O)NC(=O)CCCCCCCCCCCCCCCCCCCCCCCCCCCCCC. The molecule has 12 atom stereocenters. The molecule has 0 spiro atoms. The maximum Gasteiger partial charge on any atom is 0.220 e. The first-order valence-electron chi connectivity index (χ1n) is 32.2. The zero-order chi connectivity index (χ0) is 56.7. The monoisotopic (exact) mass is 1110 g/mol. The van der Waals surface area contributed by atoms with Crippen LogP contribution in [-0.4, -0.2) is 140 Å². The van der Waals surface area contributed by atoms with Gasteiger partial charge in [0.05, 0.1) is 32.0 Å². The number of aliphatic hydroxyl groups is 8. The zero-order valence-corrected chi connectivity index (χ0v) is 49.4. The fraction of sp³-hybridized carbons (Fsp3) is 0.891. The number of ether oxygens (including phenoxy) is 4. The quantitative estimate of drug-likeness (QED) is 0.0204. The van der Waals surface area contributed by atoms with E-state index in [4.69, 9.17) is 18.9 Å². The van der Waals surface area contributed by atoms with Gasteiger partial charge in [0.15, 0.2) is 12.6 Å². The molecule has 2 aliphatic rings. The van der Waals surface area contributed by atoms with E-state index in [1.54, 1.807) is 6.08 Å². The second kappa shape index (κ2) is 49.8. The molecule has 0 radical (unpaired) electrons. The molecule has 0 aromatic heterocycles. The number of unbranched alkanes of at least 4 members (excludes halogenated alkanes) is 35. The number of hydrogen-bond donors (Lipinski definition) is 9. The minimum absolute atomic E-state index is 0.249. The topological polar surface area (TPSA) is 228 Å². The molecule has 1 amide bonds. The molecule has 0 aromatic rings. The van der Waals surface area contributed by atoms with Crippen LogP contribution in [0.15, 0.2) is 36.5 Å². The fourth-order valence-electron chi connectivity index (χ4n) is 10.6. The molecular weight excluding hydrogens is 991 g/mol. The Morgan fingerprint density at radius 1 is 0.449 bits per heavy atom. The molecule has 2 heterocycles. The summed E-state index contributed by atoms with van der Waals surface area (Å²) >= 11 is 0. The molecule has 14 nitrogen and oxygen atoms in total. The molecule has 2 rings (SSSR count). The standard InChI is InChI=1S/C64H119NO13/c1-3-5-7-9-11-13-15-17-19-21-22-23-24-25-26-27-28-29-30-31-32-34-36-38-40-42-44-46-48-56(69)65-52(53(68)47-45-43-41-39-37-35-33-20-18-16-14-12-10-8-6-4-2)51-75-63-61(74)59(72)62(55(50-67)77-63)78-64-60(73)58(71)57(70)54(49-66)76-64/h18,20,37,39,45,47,52-55,57-64,66-68,70-74H,3-17,19,21-36,38,40-44,46,48-51H2,1-2H3,(H,65,69)/b20-18+,39-37+,47-45+. The third-order valence-electron chi connectivity index (χ3n) is 15.8. The number of carbonyl (C=O) groups excluding carboxylic acids is 1. The summed E-state index contributed by atoms with van der Waals surface area (Å²) in [7, 11) is 0. The van der Waals surface area contributed by atoms with Crippen molar-refractivity contribution in [3.05, 3.63) is 36.5 Å². The predicted molar refractivity (Wildman–Crippen MR) is 314 cm³/mol. The van der Waals surface area contributed by atoms with Gasteiger partial charge in [0.1, 0.15) is 48.8 Å². The van der Waals surface area contributed by atoms with Crippen molar-refractivity contribution in [2.24, 2.45) is 0 Å². The molecule has 0 aliphatic carbocycles. The molecule has 2 fully saturated rings. The van der Waals surface area contributed by atoms with Crippen LogP contribution in [0.3, 0.4) is 0 Å². The zero-order valence-electron chi connectivity index (χ0n) is 49.4. The number of amides is 1. The summed E-state index contributed by atoms with van der Waals surface area (Å²) < 4.78 is 22.8. The Balaban J connectivity index is 1.69. The Morgan fingerprint density at radius 3 is 1.26 bits per heavy atom. The van der Waals surface area contributed by atoms with Crippen LogP contribution in [0.25, 0.3) is 0 Å². The molecule has 2 saturated heterocycles. The molecule has 9 N–H and O–H groups in total. The fourth-order valence-corrected chi connectivity index (χ4v) is 10.6. The number of rotatable bonds is 52. The van der Waals surface area contributed by atoms with Crippen LogP contribution in [0.4, 0.5) is 0 Å². The molecular formula is C64H119NO13. The lowest BCUT2D eigenvalue weighted by Crippen LogP contribution is -2.65. The molecule has 2 aliphatic heterocycles. The van der Waals surface area contributed by atoms with Crippen molar-refractivity contribution < 1.29 is 64.6 Å². The molecule has 0 bridgehead atoms. The van der Waals surface area contributed by atoms with Crippen molar-refractivity contribution in [2.75, 3.05) is 19.8 Å². The summed E-state index contributed by atoms with van der Waals surface area (Å²) in [5.41, 5.74) is 0. The summed E-state index contributed by atoms with van der Waals surface area (Å²) in [6.45, 7) is 2.79. The smallest absolute Gasteiger partial charge is 0.220 e. The van der Waals surface area contributed by atoms with Crippen LogP contribution in [0.2, 0.25) is 0 Å². The van der Waals surface area contributed by atoms with Crippen molar-refractivity contribution in [1.82, 2.24) is 5.32 Å². The Labute approximate surface area is 474 Å². The second-order valence-corrected chi connectivity index (χ2v) is 22.9. The van der Waals surface area contributed by atoms with Gasteiger partial charge in [-0.15, -0.1) is 0 Å². The molecule has 0 aromatic carbocycles. The first-order valence-corrected chi connectivity index (χ1v) is 32.2. The molecule has 78 heavy (non-hydrogen) atoms. The number of hydrogen-bond acceptors (Lipinski definition) is 13. The van der Waals surface area contributed by atoms with Crippen LogP contribution < -0.4 is 5.32 Å². The van der Waals surface area contributed by atoms with Crippen LogP contribution in [0.1, 0.15) is 271 Å². The Morgan fingerprint density at radius 2 is 0.821 bits per heavy atom. The summed E-state index contributed by atoms with van der Waals surface area (Å²) in [4.78, 5) is 13.3. The Kier molecular flexibility index (Phi) is 46.2. The van der Waals surface area contributed by atoms with Crippen LogP contribution in [0, 0.1) is 0 Å². The van der Waals surface area contributed by atoms with E-state index in [1.807, 2.05) is 6.08 Å². The summed E-state index contributed by atoms with van der Waals surface area (Å²) in [6, 6.07) is -0.935. The van der Waals surface area contributed by atoms with Gasteiger partial charge in [-0.3, -0.25) is 4.79 Å². The van der Waals surface area contributed by atoms with E-state index in [1.165, 1.54) is 193 Å². The lowest BCUT2D eigenvalue weighted by Gasteiger charge is -2.46. The highest BCUT2D eigenvalue weighted by Gasteiger charge is 2.51. The van der Waals surface area contributed by atoms with Gasteiger partial charge in [-0.25, -0.2) is 0 Å². The highest BCUT2D eigenvalue weighted by molar-refractivity contribution is 5.76. The molecule has 14 heteroatoms. The van der Waals surface area contributed by atoms with E-state index in [0.717, 1.165) is 44.9 Å². The third kappa shape index (κ3) is 34.6. The second-order valence-electron chi connectivity index (χ2n) is 22.9. The van der Waals surface area contributed by atoms with Gasteiger partial charge in [-0.2, -0.15) is 0 Å². The van der Waals surface area contributed by atoms with Gasteiger partial charge >= 0.3 is 0 Å². The number of aliphatic hydroxyl groups excluding tert-OH is 8. The summed E-state index contributed by atoms with van der Waals surface area (Å²) in [6.07, 6.45) is 44.9. The lowest BCUT2D eigenvalue weighted by atomic mass is 9.97. The normalized spacial score (nSPS) is 24.7. The van der Waals surface area contributed by atoms with E-state index in [2.05, 4.69) is 43.5 Å². The van der Waals surface area contributed by atoms with Crippen molar-refractivity contribution in [3.63, 3.8) is 0 Å².